The highest BCUT2D eigenvalue weighted by Gasteiger charge is 2.25. The number of aryl methyl sites for hydroxylation is 1. The number of hydrogen-bond acceptors (Lipinski definition) is 4. The molecule has 1 N–H and O–H groups in total. The minimum atomic E-state index is -0.0999. The van der Waals surface area contributed by atoms with Crippen molar-refractivity contribution in [2.24, 2.45) is 4.99 Å². The highest BCUT2D eigenvalue weighted by atomic mass is 35.5. The molecule has 1 aromatic carbocycles. The third kappa shape index (κ3) is 3.99. The summed E-state index contributed by atoms with van der Waals surface area (Å²) in [6.07, 6.45) is 7.55. The number of nitrogens with one attached hydrogen (secondary N) is 1. The Hall–Kier alpha value is -2.37. The van der Waals surface area contributed by atoms with Crippen LogP contribution in [0.5, 0.6) is 0 Å². The number of fused-ring (bicyclic) bond motifs is 1. The van der Waals surface area contributed by atoms with Crippen molar-refractivity contribution in [2.75, 3.05) is 0 Å². The molecule has 27 heavy (non-hydrogen) atoms. The van der Waals surface area contributed by atoms with E-state index < -0.39 is 0 Å². The maximum absolute atomic E-state index is 12.9. The Morgan fingerprint density at radius 2 is 2.07 bits per heavy atom. The van der Waals surface area contributed by atoms with E-state index in [1.165, 1.54) is 4.88 Å². The summed E-state index contributed by atoms with van der Waals surface area (Å²) in [5.74, 6) is 0.630. The lowest BCUT2D eigenvalue weighted by molar-refractivity contribution is 0.0948. The first kappa shape index (κ1) is 18.0. The van der Waals surface area contributed by atoms with E-state index >= 15 is 0 Å². The monoisotopic (exact) mass is 398 g/mol. The molecular weight excluding hydrogens is 380 g/mol. The van der Waals surface area contributed by atoms with Gasteiger partial charge in [-0.05, 0) is 49.4 Å². The normalized spacial score (nSPS) is 13.7. The number of aliphatic imine (C=N–C) groups is 1. The van der Waals surface area contributed by atoms with E-state index in [0.29, 0.717) is 17.1 Å². The van der Waals surface area contributed by atoms with Gasteiger partial charge in [0.15, 0.2) is 0 Å². The first-order chi connectivity index (χ1) is 13.2. The molecule has 0 radical (unpaired) electrons. The molecule has 0 aliphatic heterocycles. The molecule has 3 aromatic rings. The van der Waals surface area contributed by atoms with E-state index in [-0.39, 0.29) is 5.91 Å². The number of nitrogens with zero attached hydrogens (tertiary/aromatic N) is 1. The molecule has 0 unspecified atom stereocenters. The number of carbonyl (C=O) groups excluding carboxylic acids is 1. The third-order valence-electron chi connectivity index (χ3n) is 4.61. The van der Waals surface area contributed by atoms with Crippen LogP contribution in [0.25, 0.3) is 0 Å². The Bertz CT molecular complexity index is 976. The quantitative estimate of drug-likeness (QED) is 0.572. The number of rotatable bonds is 5. The number of benzene rings is 1. The van der Waals surface area contributed by atoms with Gasteiger partial charge in [-0.2, -0.15) is 0 Å². The molecule has 0 fully saturated rings. The first-order valence-corrected chi connectivity index (χ1v) is 10.2. The predicted octanol–water partition coefficient (Wildman–Crippen LogP) is 5.55. The maximum Gasteiger partial charge on any atom is 0.255 e. The van der Waals surface area contributed by atoms with Crippen molar-refractivity contribution in [3.63, 3.8) is 0 Å². The van der Waals surface area contributed by atoms with Gasteiger partial charge in [-0.1, -0.05) is 29.8 Å². The Morgan fingerprint density at radius 3 is 2.89 bits per heavy atom. The molecule has 138 valence electrons. The summed E-state index contributed by atoms with van der Waals surface area (Å²) in [4.78, 5) is 18.8. The van der Waals surface area contributed by atoms with Crippen LogP contribution in [-0.4, -0.2) is 12.1 Å². The van der Waals surface area contributed by atoms with Crippen LogP contribution in [0.2, 0.25) is 5.02 Å². The number of thiophene rings is 1. The second-order valence-electron chi connectivity index (χ2n) is 6.43. The molecule has 0 spiro atoms. The van der Waals surface area contributed by atoms with Crippen LogP contribution in [0.4, 0.5) is 5.00 Å². The number of furan rings is 1. The Kier molecular flexibility index (Phi) is 5.41. The molecule has 2 aromatic heterocycles. The highest BCUT2D eigenvalue weighted by Crippen LogP contribution is 2.40. The van der Waals surface area contributed by atoms with Gasteiger partial charge in [-0.3, -0.25) is 4.79 Å². The fourth-order valence-electron chi connectivity index (χ4n) is 3.25. The zero-order valence-corrected chi connectivity index (χ0v) is 16.3. The fourth-order valence-corrected chi connectivity index (χ4v) is 4.67. The van der Waals surface area contributed by atoms with Crippen LogP contribution >= 0.6 is 22.9 Å². The summed E-state index contributed by atoms with van der Waals surface area (Å²) < 4.78 is 5.31. The molecule has 0 saturated heterocycles. The molecule has 0 bridgehead atoms. The first-order valence-electron chi connectivity index (χ1n) is 8.96. The number of carbonyl (C=O) groups is 1. The lowest BCUT2D eigenvalue weighted by atomic mass is 9.95. The summed E-state index contributed by atoms with van der Waals surface area (Å²) in [5.41, 5.74) is 2.69. The van der Waals surface area contributed by atoms with Crippen molar-refractivity contribution < 1.29 is 9.21 Å². The molecule has 1 amide bonds. The number of amides is 1. The summed E-state index contributed by atoms with van der Waals surface area (Å²) in [5, 5.41) is 4.36. The van der Waals surface area contributed by atoms with Crippen molar-refractivity contribution in [1.82, 2.24) is 5.32 Å². The van der Waals surface area contributed by atoms with Gasteiger partial charge >= 0.3 is 0 Å². The van der Waals surface area contributed by atoms with Crippen molar-refractivity contribution in [2.45, 2.75) is 32.2 Å². The minimum absolute atomic E-state index is 0.0999. The molecule has 1 aliphatic rings. The van der Waals surface area contributed by atoms with E-state index in [1.54, 1.807) is 23.8 Å². The summed E-state index contributed by atoms with van der Waals surface area (Å²) >= 11 is 7.84. The molecule has 4 nitrogen and oxygen atoms in total. The molecule has 6 heteroatoms. The van der Waals surface area contributed by atoms with Crippen LogP contribution in [0.1, 0.15) is 45.0 Å². The molecule has 0 saturated carbocycles. The summed E-state index contributed by atoms with van der Waals surface area (Å²) in [7, 11) is 0. The van der Waals surface area contributed by atoms with E-state index in [9.17, 15) is 4.79 Å². The zero-order valence-electron chi connectivity index (χ0n) is 14.7. The molecule has 1 aliphatic carbocycles. The molecule has 4 rings (SSSR count). The average molecular weight is 399 g/mol. The second kappa shape index (κ2) is 8.11. The van der Waals surface area contributed by atoms with Crippen molar-refractivity contribution in [3.8, 4) is 0 Å². The van der Waals surface area contributed by atoms with Crippen LogP contribution in [0.3, 0.4) is 0 Å². The van der Waals surface area contributed by atoms with Gasteiger partial charge in [0, 0.05) is 21.7 Å². The van der Waals surface area contributed by atoms with Gasteiger partial charge in [0.05, 0.1) is 18.4 Å². The zero-order chi connectivity index (χ0) is 18.6. The Labute approximate surface area is 166 Å². The highest BCUT2D eigenvalue weighted by molar-refractivity contribution is 7.16. The molecular formula is C21H19ClN2O2S. The lowest BCUT2D eigenvalue weighted by Crippen LogP contribution is -2.23. The maximum atomic E-state index is 12.9. The van der Waals surface area contributed by atoms with Crippen LogP contribution in [0.15, 0.2) is 52.1 Å². The summed E-state index contributed by atoms with van der Waals surface area (Å²) in [6, 6.07) is 11.2. The van der Waals surface area contributed by atoms with Gasteiger partial charge in [0.2, 0.25) is 0 Å². The third-order valence-corrected chi connectivity index (χ3v) is 6.15. The van der Waals surface area contributed by atoms with Crippen molar-refractivity contribution in [1.29, 1.82) is 0 Å². The minimum Gasteiger partial charge on any atom is -0.467 e. The average Bonchev–Trinajstić information content (AvgIpc) is 3.33. The SMILES string of the molecule is O=C(NCc1ccco1)c1c(N=Cc2ccccc2Cl)sc2c1CCCC2. The number of halogens is 1. The number of hydrogen-bond donors (Lipinski definition) is 1. The fraction of sp³-hybridized carbons (Fsp3) is 0.238. The van der Waals surface area contributed by atoms with E-state index in [4.69, 9.17) is 16.0 Å². The topological polar surface area (TPSA) is 54.6 Å². The van der Waals surface area contributed by atoms with Gasteiger partial charge in [-0.15, -0.1) is 11.3 Å². The standard InChI is InChI=1S/C21H19ClN2O2S/c22-17-9-3-1-6-14(17)12-24-21-19(16-8-2-4-10-18(16)27-21)20(25)23-13-15-7-5-11-26-15/h1,3,5-7,9,11-12H,2,4,8,10,13H2,(H,23,25). The van der Waals surface area contributed by atoms with Gasteiger partial charge in [0.25, 0.3) is 5.91 Å². The second-order valence-corrected chi connectivity index (χ2v) is 7.92. The van der Waals surface area contributed by atoms with Crippen molar-refractivity contribution >= 4 is 40.1 Å². The lowest BCUT2D eigenvalue weighted by Gasteiger charge is -2.12. The predicted molar refractivity (Wildman–Crippen MR) is 110 cm³/mol. The van der Waals surface area contributed by atoms with Crippen LogP contribution in [0, 0.1) is 0 Å². The Morgan fingerprint density at radius 1 is 1.22 bits per heavy atom. The van der Waals surface area contributed by atoms with E-state index in [0.717, 1.165) is 47.6 Å². The smallest absolute Gasteiger partial charge is 0.255 e. The van der Waals surface area contributed by atoms with E-state index in [2.05, 4.69) is 10.3 Å². The molecule has 2 heterocycles. The van der Waals surface area contributed by atoms with Gasteiger partial charge < -0.3 is 9.73 Å². The van der Waals surface area contributed by atoms with Gasteiger partial charge in [0.1, 0.15) is 10.8 Å². The molecule has 0 atom stereocenters. The van der Waals surface area contributed by atoms with Crippen LogP contribution in [-0.2, 0) is 19.4 Å². The largest absolute Gasteiger partial charge is 0.467 e. The van der Waals surface area contributed by atoms with Gasteiger partial charge in [-0.25, -0.2) is 4.99 Å². The van der Waals surface area contributed by atoms with E-state index in [1.807, 2.05) is 36.4 Å². The Balaban J connectivity index is 1.63. The van der Waals surface area contributed by atoms with Crippen molar-refractivity contribution in [3.05, 3.63) is 75.0 Å². The summed E-state index contributed by atoms with van der Waals surface area (Å²) in [6.45, 7) is 0.365. The van der Waals surface area contributed by atoms with Crippen LogP contribution < -0.4 is 5.32 Å².